The maximum Gasteiger partial charge on any atom is 0.253 e. The molecule has 128 valence electrons. The summed E-state index contributed by atoms with van der Waals surface area (Å²) >= 11 is 6.91. The SMILES string of the molecule is CC1CCN(C(=O)[C@@H]2CCCN2S(=O)(=O)c2ccc(Cl)s2)CC1. The van der Waals surface area contributed by atoms with Crippen LogP contribution in [0, 0.1) is 5.92 Å². The second-order valence-electron chi connectivity index (χ2n) is 6.34. The zero-order valence-electron chi connectivity index (χ0n) is 13.1. The highest BCUT2D eigenvalue weighted by Gasteiger charge is 2.42. The molecular formula is C15H21ClN2O3S2. The van der Waals surface area contributed by atoms with Gasteiger partial charge >= 0.3 is 0 Å². The molecule has 1 aromatic rings. The summed E-state index contributed by atoms with van der Waals surface area (Å²) in [6.07, 6.45) is 3.31. The Morgan fingerprint density at radius 2 is 1.91 bits per heavy atom. The maximum atomic E-state index is 12.8. The molecule has 1 amide bonds. The molecule has 0 aromatic carbocycles. The summed E-state index contributed by atoms with van der Waals surface area (Å²) in [5, 5.41) is 0. The Labute approximate surface area is 146 Å². The summed E-state index contributed by atoms with van der Waals surface area (Å²) in [6, 6.07) is 2.54. The van der Waals surface area contributed by atoms with Crippen LogP contribution in [0.15, 0.2) is 16.3 Å². The Hall–Kier alpha value is -0.630. The normalized spacial score (nSPS) is 24.3. The van der Waals surface area contributed by atoms with Gasteiger partial charge in [0.25, 0.3) is 10.0 Å². The van der Waals surface area contributed by atoms with E-state index in [0.29, 0.717) is 23.2 Å². The van der Waals surface area contributed by atoms with E-state index in [2.05, 4.69) is 6.92 Å². The summed E-state index contributed by atoms with van der Waals surface area (Å²) in [4.78, 5) is 14.6. The highest BCUT2D eigenvalue weighted by Crippen LogP contribution is 2.33. The summed E-state index contributed by atoms with van der Waals surface area (Å²) in [5.74, 6) is 0.594. The second-order valence-corrected chi connectivity index (χ2v) is 10.2. The Balaban J connectivity index is 1.78. The fourth-order valence-corrected chi connectivity index (χ4v) is 6.53. The van der Waals surface area contributed by atoms with Gasteiger partial charge in [0, 0.05) is 19.6 Å². The summed E-state index contributed by atoms with van der Waals surface area (Å²) < 4.78 is 27.6. The van der Waals surface area contributed by atoms with E-state index in [9.17, 15) is 13.2 Å². The van der Waals surface area contributed by atoms with E-state index in [-0.39, 0.29) is 10.1 Å². The fourth-order valence-electron chi connectivity index (χ4n) is 3.27. The Bertz CT molecular complexity index is 681. The van der Waals surface area contributed by atoms with Crippen LogP contribution in [0.2, 0.25) is 4.34 Å². The average molecular weight is 377 g/mol. The van der Waals surface area contributed by atoms with Crippen LogP contribution in [0.4, 0.5) is 0 Å². The van der Waals surface area contributed by atoms with E-state index in [4.69, 9.17) is 11.6 Å². The summed E-state index contributed by atoms with van der Waals surface area (Å²) in [5.41, 5.74) is 0. The van der Waals surface area contributed by atoms with Gasteiger partial charge in [0.05, 0.1) is 4.34 Å². The largest absolute Gasteiger partial charge is 0.341 e. The van der Waals surface area contributed by atoms with Gasteiger partial charge < -0.3 is 4.90 Å². The predicted octanol–water partition coefficient (Wildman–Crippen LogP) is 2.81. The smallest absolute Gasteiger partial charge is 0.253 e. The van der Waals surface area contributed by atoms with E-state index >= 15 is 0 Å². The minimum Gasteiger partial charge on any atom is -0.341 e. The lowest BCUT2D eigenvalue weighted by atomic mass is 9.98. The van der Waals surface area contributed by atoms with Crippen LogP contribution in [0.3, 0.4) is 0 Å². The van der Waals surface area contributed by atoms with Crippen molar-refractivity contribution >= 4 is 38.9 Å². The second kappa shape index (κ2) is 6.70. The minimum absolute atomic E-state index is 0.0411. The van der Waals surface area contributed by atoms with Crippen LogP contribution >= 0.6 is 22.9 Å². The number of likely N-dealkylation sites (tertiary alicyclic amines) is 1. The molecule has 0 unspecified atom stereocenters. The van der Waals surface area contributed by atoms with Gasteiger partial charge in [-0.15, -0.1) is 11.3 Å². The summed E-state index contributed by atoms with van der Waals surface area (Å²) in [7, 11) is -3.64. The zero-order chi connectivity index (χ0) is 16.6. The third-order valence-electron chi connectivity index (χ3n) is 4.70. The molecule has 0 aliphatic carbocycles. The molecule has 0 N–H and O–H groups in total. The van der Waals surface area contributed by atoms with Gasteiger partial charge in [-0.05, 0) is 43.7 Å². The van der Waals surface area contributed by atoms with Crippen LogP contribution in [0.5, 0.6) is 0 Å². The number of carbonyl (C=O) groups is 1. The van der Waals surface area contributed by atoms with Crippen molar-refractivity contribution in [3.05, 3.63) is 16.5 Å². The Morgan fingerprint density at radius 1 is 1.22 bits per heavy atom. The molecule has 0 bridgehead atoms. The van der Waals surface area contributed by atoms with Crippen molar-refractivity contribution in [2.24, 2.45) is 5.92 Å². The van der Waals surface area contributed by atoms with E-state index < -0.39 is 16.1 Å². The molecule has 23 heavy (non-hydrogen) atoms. The number of halogens is 1. The molecule has 1 atom stereocenters. The van der Waals surface area contributed by atoms with Gasteiger partial charge in [0.1, 0.15) is 10.3 Å². The first-order valence-electron chi connectivity index (χ1n) is 7.95. The van der Waals surface area contributed by atoms with Crippen molar-refractivity contribution in [1.82, 2.24) is 9.21 Å². The predicted molar refractivity (Wildman–Crippen MR) is 91.2 cm³/mol. The topological polar surface area (TPSA) is 57.7 Å². The maximum absolute atomic E-state index is 12.8. The highest BCUT2D eigenvalue weighted by atomic mass is 35.5. The third kappa shape index (κ3) is 3.43. The van der Waals surface area contributed by atoms with Gasteiger partial charge in [-0.1, -0.05) is 18.5 Å². The van der Waals surface area contributed by atoms with E-state index in [1.54, 1.807) is 6.07 Å². The van der Waals surface area contributed by atoms with Crippen molar-refractivity contribution in [1.29, 1.82) is 0 Å². The third-order valence-corrected chi connectivity index (χ3v) is 8.30. The molecule has 1 aromatic heterocycles. The molecular weight excluding hydrogens is 356 g/mol. The van der Waals surface area contributed by atoms with Crippen molar-refractivity contribution < 1.29 is 13.2 Å². The summed E-state index contributed by atoms with van der Waals surface area (Å²) in [6.45, 7) is 4.05. The molecule has 5 nitrogen and oxygen atoms in total. The number of hydrogen-bond acceptors (Lipinski definition) is 4. The molecule has 0 radical (unpaired) electrons. The number of nitrogens with zero attached hydrogens (tertiary/aromatic N) is 2. The van der Waals surface area contributed by atoms with Crippen LogP contribution in [-0.4, -0.2) is 49.2 Å². The standard InChI is InChI=1S/C15H21ClN2O3S2/c1-11-6-9-17(10-7-11)15(19)12-3-2-8-18(12)23(20,21)14-5-4-13(16)22-14/h4-5,11-12H,2-3,6-10H2,1H3/t12-/m0/s1. The van der Waals surface area contributed by atoms with Crippen molar-refractivity contribution in [3.63, 3.8) is 0 Å². The molecule has 3 rings (SSSR count). The lowest BCUT2D eigenvalue weighted by Gasteiger charge is -2.34. The molecule has 3 heterocycles. The van der Waals surface area contributed by atoms with Crippen molar-refractivity contribution in [2.45, 2.75) is 42.9 Å². The molecule has 2 fully saturated rings. The van der Waals surface area contributed by atoms with E-state index in [1.807, 2.05) is 4.90 Å². The highest BCUT2D eigenvalue weighted by molar-refractivity contribution is 7.91. The lowest BCUT2D eigenvalue weighted by molar-refractivity contribution is -0.135. The number of hydrogen-bond donors (Lipinski definition) is 0. The Morgan fingerprint density at radius 3 is 2.52 bits per heavy atom. The van der Waals surface area contributed by atoms with E-state index in [0.717, 1.165) is 43.7 Å². The molecule has 8 heteroatoms. The minimum atomic E-state index is -3.64. The van der Waals surface area contributed by atoms with Gasteiger partial charge in [-0.2, -0.15) is 4.31 Å². The number of amides is 1. The molecule has 0 spiro atoms. The van der Waals surface area contributed by atoms with Gasteiger partial charge in [0.2, 0.25) is 5.91 Å². The molecule has 2 aliphatic rings. The number of sulfonamides is 1. The number of piperidine rings is 1. The van der Waals surface area contributed by atoms with Gasteiger partial charge in [-0.25, -0.2) is 8.42 Å². The van der Waals surface area contributed by atoms with Crippen LogP contribution in [-0.2, 0) is 14.8 Å². The number of rotatable bonds is 3. The number of thiophene rings is 1. The molecule has 2 saturated heterocycles. The Kier molecular flexibility index (Phi) is 5.01. The zero-order valence-corrected chi connectivity index (χ0v) is 15.5. The van der Waals surface area contributed by atoms with Crippen LogP contribution in [0.25, 0.3) is 0 Å². The van der Waals surface area contributed by atoms with Crippen LogP contribution in [0.1, 0.15) is 32.6 Å². The average Bonchev–Trinajstić information content (AvgIpc) is 3.16. The van der Waals surface area contributed by atoms with E-state index in [1.165, 1.54) is 10.4 Å². The quantitative estimate of drug-likeness (QED) is 0.815. The fraction of sp³-hybridized carbons (Fsp3) is 0.667. The monoisotopic (exact) mass is 376 g/mol. The van der Waals surface area contributed by atoms with Crippen molar-refractivity contribution in [3.8, 4) is 0 Å². The lowest BCUT2D eigenvalue weighted by Crippen LogP contribution is -2.49. The van der Waals surface area contributed by atoms with Gasteiger partial charge in [-0.3, -0.25) is 4.79 Å². The first-order valence-corrected chi connectivity index (χ1v) is 10.6. The number of carbonyl (C=O) groups excluding carboxylic acids is 1. The first-order chi connectivity index (χ1) is 10.9. The van der Waals surface area contributed by atoms with Crippen molar-refractivity contribution in [2.75, 3.05) is 19.6 Å². The first kappa shape index (κ1) is 17.2. The molecule has 0 saturated carbocycles. The van der Waals surface area contributed by atoms with Gasteiger partial charge in [0.15, 0.2) is 0 Å². The molecule has 2 aliphatic heterocycles. The van der Waals surface area contributed by atoms with Crippen LogP contribution < -0.4 is 0 Å².